The Morgan fingerprint density at radius 2 is 1.68 bits per heavy atom. The van der Waals surface area contributed by atoms with Crippen LogP contribution in [-0.4, -0.2) is 32.5 Å². The molecule has 0 bridgehead atoms. The van der Waals surface area contributed by atoms with Crippen LogP contribution >= 0.6 is 0 Å². The van der Waals surface area contributed by atoms with Gasteiger partial charge in [0.15, 0.2) is 6.61 Å². The largest absolute Gasteiger partial charge is 0.454 e. The molecule has 0 aromatic heterocycles. The summed E-state index contributed by atoms with van der Waals surface area (Å²) in [5.74, 6) is -1.81. The van der Waals surface area contributed by atoms with Crippen molar-refractivity contribution in [2.75, 3.05) is 25.6 Å². The number of carbonyl (C=O) groups is 2. The van der Waals surface area contributed by atoms with Crippen molar-refractivity contribution in [2.24, 2.45) is 0 Å². The minimum atomic E-state index is -0.626. The van der Waals surface area contributed by atoms with Crippen molar-refractivity contribution < 1.29 is 18.7 Å². The molecule has 0 spiro atoms. The predicted molar refractivity (Wildman–Crippen MR) is 81.8 cm³/mol. The fourth-order valence-corrected chi connectivity index (χ4v) is 1.88. The molecule has 22 heavy (non-hydrogen) atoms. The van der Waals surface area contributed by atoms with Crippen molar-refractivity contribution in [3.8, 4) is 0 Å². The summed E-state index contributed by atoms with van der Waals surface area (Å²) in [5.41, 5.74) is 1.20. The van der Waals surface area contributed by atoms with E-state index in [0.717, 1.165) is 5.69 Å². The molecule has 0 aliphatic heterocycles. The molecule has 0 atom stereocenters. The first kappa shape index (κ1) is 15.7. The Bertz CT molecular complexity index is 681. The fourth-order valence-electron chi connectivity index (χ4n) is 1.88. The summed E-state index contributed by atoms with van der Waals surface area (Å²) in [6.07, 6.45) is 0. The lowest BCUT2D eigenvalue weighted by Crippen LogP contribution is -2.15. The van der Waals surface area contributed by atoms with Crippen molar-refractivity contribution in [1.29, 1.82) is 0 Å². The summed E-state index contributed by atoms with van der Waals surface area (Å²) < 4.78 is 18.4. The lowest BCUT2D eigenvalue weighted by Gasteiger charge is -2.12. The van der Waals surface area contributed by atoms with Gasteiger partial charge in [0.2, 0.25) is 5.78 Å². The maximum atomic E-state index is 13.4. The molecule has 0 aliphatic rings. The van der Waals surface area contributed by atoms with E-state index in [1.807, 2.05) is 19.0 Å². The molecule has 0 saturated carbocycles. The number of nitrogens with zero attached hydrogens (tertiary/aromatic N) is 1. The van der Waals surface area contributed by atoms with E-state index in [9.17, 15) is 14.0 Å². The first-order valence-corrected chi connectivity index (χ1v) is 6.71. The number of halogens is 1. The van der Waals surface area contributed by atoms with Gasteiger partial charge in [0, 0.05) is 19.8 Å². The summed E-state index contributed by atoms with van der Waals surface area (Å²) in [6.45, 7) is -0.491. The number of carbonyl (C=O) groups excluding carboxylic acids is 2. The second-order valence-electron chi connectivity index (χ2n) is 4.92. The molecular weight excluding hydrogens is 285 g/mol. The Morgan fingerprint density at radius 3 is 2.27 bits per heavy atom. The number of ketones is 1. The third kappa shape index (κ3) is 3.69. The Kier molecular flexibility index (Phi) is 4.88. The number of benzene rings is 2. The zero-order valence-electron chi connectivity index (χ0n) is 12.4. The number of hydrogen-bond donors (Lipinski definition) is 0. The van der Waals surface area contributed by atoms with E-state index in [2.05, 4.69) is 0 Å². The second kappa shape index (κ2) is 6.85. The van der Waals surface area contributed by atoms with E-state index in [1.165, 1.54) is 18.2 Å². The van der Waals surface area contributed by atoms with Crippen LogP contribution in [0.5, 0.6) is 0 Å². The van der Waals surface area contributed by atoms with Gasteiger partial charge in [0.05, 0.1) is 11.1 Å². The van der Waals surface area contributed by atoms with Crippen LogP contribution < -0.4 is 4.90 Å². The standard InChI is InChI=1S/C17H16FNO3/c1-19(2)13-9-7-12(8-10-13)17(21)22-11-16(20)14-5-3-4-6-15(14)18/h3-10H,11H2,1-2H3. The van der Waals surface area contributed by atoms with E-state index < -0.39 is 24.2 Å². The molecule has 0 aliphatic carbocycles. The van der Waals surface area contributed by atoms with Crippen LogP contribution in [-0.2, 0) is 4.74 Å². The quantitative estimate of drug-likeness (QED) is 0.629. The Morgan fingerprint density at radius 1 is 1.05 bits per heavy atom. The molecule has 0 heterocycles. The van der Waals surface area contributed by atoms with Gasteiger partial charge in [-0.3, -0.25) is 4.79 Å². The average Bonchev–Trinajstić information content (AvgIpc) is 2.52. The fraction of sp³-hybridized carbons (Fsp3) is 0.176. The highest BCUT2D eigenvalue weighted by atomic mass is 19.1. The van der Waals surface area contributed by atoms with Gasteiger partial charge >= 0.3 is 5.97 Å². The molecule has 0 amide bonds. The van der Waals surface area contributed by atoms with Crippen LogP contribution in [0, 0.1) is 5.82 Å². The summed E-state index contributed by atoms with van der Waals surface area (Å²) in [7, 11) is 3.78. The molecule has 0 fully saturated rings. The van der Waals surface area contributed by atoms with Crippen molar-refractivity contribution >= 4 is 17.4 Å². The molecule has 2 rings (SSSR count). The maximum Gasteiger partial charge on any atom is 0.338 e. The molecule has 4 nitrogen and oxygen atoms in total. The normalized spacial score (nSPS) is 10.1. The first-order valence-electron chi connectivity index (χ1n) is 6.71. The van der Waals surface area contributed by atoms with Crippen molar-refractivity contribution in [3.63, 3.8) is 0 Å². The Hall–Kier alpha value is -2.69. The zero-order valence-corrected chi connectivity index (χ0v) is 12.4. The average molecular weight is 301 g/mol. The summed E-state index contributed by atoms with van der Waals surface area (Å²) >= 11 is 0. The van der Waals surface area contributed by atoms with Crippen molar-refractivity contribution in [1.82, 2.24) is 0 Å². The minimum Gasteiger partial charge on any atom is -0.454 e. The highest BCUT2D eigenvalue weighted by Crippen LogP contribution is 2.13. The van der Waals surface area contributed by atoms with Gasteiger partial charge in [-0.2, -0.15) is 0 Å². The van der Waals surface area contributed by atoms with Crippen LogP contribution in [0.3, 0.4) is 0 Å². The molecule has 0 unspecified atom stereocenters. The topological polar surface area (TPSA) is 46.6 Å². The van der Waals surface area contributed by atoms with Crippen LogP contribution in [0.15, 0.2) is 48.5 Å². The number of hydrogen-bond acceptors (Lipinski definition) is 4. The lowest BCUT2D eigenvalue weighted by atomic mass is 10.1. The van der Waals surface area contributed by atoms with Crippen LogP contribution in [0.2, 0.25) is 0 Å². The third-order valence-corrected chi connectivity index (χ3v) is 3.13. The number of rotatable bonds is 5. The second-order valence-corrected chi connectivity index (χ2v) is 4.92. The van der Waals surface area contributed by atoms with Crippen molar-refractivity contribution in [2.45, 2.75) is 0 Å². The molecule has 0 radical (unpaired) electrons. The highest BCUT2D eigenvalue weighted by molar-refractivity contribution is 5.99. The van der Waals surface area contributed by atoms with Crippen LogP contribution in [0.25, 0.3) is 0 Å². The summed E-state index contributed by atoms with van der Waals surface area (Å²) in [5, 5.41) is 0. The van der Waals surface area contributed by atoms with Gasteiger partial charge in [-0.25, -0.2) is 9.18 Å². The number of esters is 1. The molecule has 114 valence electrons. The van der Waals surface area contributed by atoms with E-state index in [4.69, 9.17) is 4.74 Å². The van der Waals surface area contributed by atoms with Gasteiger partial charge in [-0.05, 0) is 36.4 Å². The van der Waals surface area contributed by atoms with E-state index in [0.29, 0.717) is 5.56 Å². The van der Waals surface area contributed by atoms with Gasteiger partial charge in [0.25, 0.3) is 0 Å². The summed E-state index contributed by atoms with van der Waals surface area (Å²) in [6, 6.07) is 12.4. The van der Waals surface area contributed by atoms with Gasteiger partial charge in [-0.1, -0.05) is 12.1 Å². The smallest absolute Gasteiger partial charge is 0.338 e. The van der Waals surface area contributed by atoms with E-state index in [-0.39, 0.29) is 5.56 Å². The molecule has 0 saturated heterocycles. The number of ether oxygens (including phenoxy) is 1. The first-order chi connectivity index (χ1) is 10.5. The van der Waals surface area contributed by atoms with E-state index in [1.54, 1.807) is 30.3 Å². The molecule has 5 heteroatoms. The molecular formula is C17H16FNO3. The highest BCUT2D eigenvalue weighted by Gasteiger charge is 2.14. The Labute approximate surface area is 128 Å². The maximum absolute atomic E-state index is 13.4. The van der Waals surface area contributed by atoms with E-state index >= 15 is 0 Å². The molecule has 2 aromatic carbocycles. The third-order valence-electron chi connectivity index (χ3n) is 3.13. The molecule has 0 N–H and O–H groups in total. The Balaban J connectivity index is 1.98. The SMILES string of the molecule is CN(C)c1ccc(C(=O)OCC(=O)c2ccccc2F)cc1. The van der Waals surface area contributed by atoms with Gasteiger partial charge in [0.1, 0.15) is 5.82 Å². The predicted octanol–water partition coefficient (Wildman–Crippen LogP) is 2.93. The minimum absolute atomic E-state index is 0.0849. The number of anilines is 1. The lowest BCUT2D eigenvalue weighted by molar-refractivity contribution is 0.0473. The molecule has 2 aromatic rings. The van der Waals surface area contributed by atoms with Crippen LogP contribution in [0.1, 0.15) is 20.7 Å². The van der Waals surface area contributed by atoms with Gasteiger partial charge in [-0.15, -0.1) is 0 Å². The summed E-state index contributed by atoms with van der Waals surface area (Å²) in [4.78, 5) is 25.6. The van der Waals surface area contributed by atoms with Crippen LogP contribution in [0.4, 0.5) is 10.1 Å². The van der Waals surface area contributed by atoms with Gasteiger partial charge < -0.3 is 9.64 Å². The zero-order chi connectivity index (χ0) is 16.1. The van der Waals surface area contributed by atoms with Crippen molar-refractivity contribution in [3.05, 3.63) is 65.5 Å². The number of Topliss-reactive ketones (excluding diaryl/α,β-unsaturated/α-hetero) is 1. The monoisotopic (exact) mass is 301 g/mol.